The number of rotatable bonds is 4. The van der Waals surface area contributed by atoms with E-state index in [0.29, 0.717) is 13.0 Å². The molecule has 1 nitrogen and oxygen atoms in total. The van der Waals surface area contributed by atoms with Gasteiger partial charge in [0.05, 0.1) is 0 Å². The molecule has 3 heteroatoms. The fourth-order valence-electron chi connectivity index (χ4n) is 1.48. The molecule has 0 aromatic heterocycles. The van der Waals surface area contributed by atoms with E-state index >= 15 is 0 Å². The monoisotopic (exact) mass is 213 g/mol. The first-order chi connectivity index (χ1) is 7.06. The molecule has 1 aromatic rings. The molecule has 0 bridgehead atoms. The molecule has 0 saturated carbocycles. The first-order valence-electron chi connectivity index (χ1n) is 5.19. The molecule has 1 aromatic carbocycles. The van der Waals surface area contributed by atoms with Crippen molar-refractivity contribution in [2.24, 2.45) is 17.6 Å². The summed E-state index contributed by atoms with van der Waals surface area (Å²) in [4.78, 5) is 0. The van der Waals surface area contributed by atoms with Crippen molar-refractivity contribution in [1.29, 1.82) is 0 Å². The van der Waals surface area contributed by atoms with Crippen molar-refractivity contribution >= 4 is 0 Å². The molecule has 0 aliphatic rings. The van der Waals surface area contributed by atoms with Crippen LogP contribution >= 0.6 is 0 Å². The average molecular weight is 213 g/mol. The summed E-state index contributed by atoms with van der Waals surface area (Å²) in [5.41, 5.74) is 5.69. The van der Waals surface area contributed by atoms with Crippen LogP contribution in [0, 0.1) is 23.5 Å². The number of halogens is 2. The maximum atomic E-state index is 13.3. The van der Waals surface area contributed by atoms with Crippen LogP contribution in [0.5, 0.6) is 0 Å². The van der Waals surface area contributed by atoms with Gasteiger partial charge in [0.25, 0.3) is 0 Å². The normalized spacial score (nSPS) is 15.0. The zero-order valence-corrected chi connectivity index (χ0v) is 9.13. The van der Waals surface area contributed by atoms with E-state index in [-0.39, 0.29) is 17.4 Å². The standard InChI is InChI=1S/C12H17F2N/c1-8(9(2)7-15)6-10-11(13)4-3-5-12(10)14/h3-5,8-9H,6-7,15H2,1-2H3. The van der Waals surface area contributed by atoms with E-state index < -0.39 is 11.6 Å². The fraction of sp³-hybridized carbons (Fsp3) is 0.500. The second-order valence-electron chi connectivity index (χ2n) is 4.09. The Morgan fingerprint density at radius 3 is 2.13 bits per heavy atom. The number of hydrogen-bond acceptors (Lipinski definition) is 1. The van der Waals surface area contributed by atoms with Crippen molar-refractivity contribution < 1.29 is 8.78 Å². The van der Waals surface area contributed by atoms with Gasteiger partial charge in [0.1, 0.15) is 11.6 Å². The lowest BCUT2D eigenvalue weighted by Crippen LogP contribution is -2.20. The predicted octanol–water partition coefficient (Wildman–Crippen LogP) is 2.74. The number of hydrogen-bond donors (Lipinski definition) is 1. The van der Waals surface area contributed by atoms with E-state index in [1.165, 1.54) is 18.2 Å². The largest absolute Gasteiger partial charge is 0.330 e. The Morgan fingerprint density at radius 2 is 1.67 bits per heavy atom. The molecule has 0 heterocycles. The predicted molar refractivity (Wildman–Crippen MR) is 57.4 cm³/mol. The molecule has 0 saturated heterocycles. The van der Waals surface area contributed by atoms with Gasteiger partial charge in [0, 0.05) is 5.56 Å². The molecular formula is C12H17F2N. The fourth-order valence-corrected chi connectivity index (χ4v) is 1.48. The molecule has 0 aliphatic carbocycles. The minimum Gasteiger partial charge on any atom is -0.330 e. The maximum Gasteiger partial charge on any atom is 0.129 e. The van der Waals surface area contributed by atoms with Gasteiger partial charge in [-0.2, -0.15) is 0 Å². The summed E-state index contributed by atoms with van der Waals surface area (Å²) in [6.07, 6.45) is 0.400. The zero-order valence-electron chi connectivity index (χ0n) is 9.13. The second-order valence-corrected chi connectivity index (χ2v) is 4.09. The smallest absolute Gasteiger partial charge is 0.129 e. The maximum absolute atomic E-state index is 13.3. The van der Waals surface area contributed by atoms with Gasteiger partial charge in [-0.3, -0.25) is 0 Å². The van der Waals surface area contributed by atoms with Gasteiger partial charge in [0.15, 0.2) is 0 Å². The minimum atomic E-state index is -0.467. The molecule has 2 atom stereocenters. The highest BCUT2D eigenvalue weighted by molar-refractivity contribution is 5.20. The topological polar surface area (TPSA) is 26.0 Å². The minimum absolute atomic E-state index is 0.172. The van der Waals surface area contributed by atoms with Gasteiger partial charge < -0.3 is 5.73 Å². The summed E-state index contributed by atoms with van der Waals surface area (Å²) in [6.45, 7) is 4.49. The summed E-state index contributed by atoms with van der Waals surface area (Å²) < 4.78 is 26.6. The third kappa shape index (κ3) is 2.99. The van der Waals surface area contributed by atoms with E-state index in [1.54, 1.807) is 0 Å². The highest BCUT2D eigenvalue weighted by atomic mass is 19.1. The summed E-state index contributed by atoms with van der Waals surface area (Å²) in [5.74, 6) is -0.484. The number of nitrogens with two attached hydrogens (primary N) is 1. The van der Waals surface area contributed by atoms with Gasteiger partial charge in [-0.05, 0) is 36.9 Å². The van der Waals surface area contributed by atoms with Crippen molar-refractivity contribution in [2.75, 3.05) is 6.54 Å². The van der Waals surface area contributed by atoms with Crippen LogP contribution in [0.15, 0.2) is 18.2 Å². The lowest BCUT2D eigenvalue weighted by Gasteiger charge is -2.18. The molecule has 0 amide bonds. The lowest BCUT2D eigenvalue weighted by molar-refractivity contribution is 0.382. The molecule has 15 heavy (non-hydrogen) atoms. The Bertz CT molecular complexity index is 305. The first kappa shape index (κ1) is 12.1. The SMILES string of the molecule is CC(CN)C(C)Cc1c(F)cccc1F. The third-order valence-electron chi connectivity index (χ3n) is 2.93. The van der Waals surface area contributed by atoms with Crippen molar-refractivity contribution in [3.05, 3.63) is 35.4 Å². The van der Waals surface area contributed by atoms with Gasteiger partial charge in [-0.25, -0.2) is 8.78 Å². The summed E-state index contributed by atoms with van der Waals surface area (Å²) in [5, 5.41) is 0. The van der Waals surface area contributed by atoms with Crippen molar-refractivity contribution in [1.82, 2.24) is 0 Å². The van der Waals surface area contributed by atoms with E-state index in [1.807, 2.05) is 13.8 Å². The summed E-state index contributed by atoms with van der Waals surface area (Å²) >= 11 is 0. The molecule has 0 spiro atoms. The quantitative estimate of drug-likeness (QED) is 0.817. The van der Waals surface area contributed by atoms with Gasteiger partial charge in [-0.15, -0.1) is 0 Å². The van der Waals surface area contributed by atoms with Crippen LogP contribution in [-0.4, -0.2) is 6.54 Å². The van der Waals surface area contributed by atoms with Crippen LogP contribution in [0.3, 0.4) is 0 Å². The Morgan fingerprint density at radius 1 is 1.13 bits per heavy atom. The molecule has 84 valence electrons. The highest BCUT2D eigenvalue weighted by Crippen LogP contribution is 2.20. The average Bonchev–Trinajstić information content (AvgIpc) is 2.22. The molecule has 2 unspecified atom stereocenters. The van der Waals surface area contributed by atoms with Gasteiger partial charge in [-0.1, -0.05) is 19.9 Å². The van der Waals surface area contributed by atoms with E-state index in [2.05, 4.69) is 0 Å². The van der Waals surface area contributed by atoms with Crippen LogP contribution in [0.25, 0.3) is 0 Å². The van der Waals surface area contributed by atoms with E-state index in [0.717, 1.165) is 0 Å². The molecule has 0 fully saturated rings. The van der Waals surface area contributed by atoms with E-state index in [9.17, 15) is 8.78 Å². The zero-order chi connectivity index (χ0) is 11.4. The molecule has 1 rings (SSSR count). The van der Waals surface area contributed by atoms with Crippen LogP contribution in [0.1, 0.15) is 19.4 Å². The van der Waals surface area contributed by atoms with E-state index in [4.69, 9.17) is 5.73 Å². The molecule has 2 N–H and O–H groups in total. The van der Waals surface area contributed by atoms with Crippen molar-refractivity contribution in [2.45, 2.75) is 20.3 Å². The Balaban J connectivity index is 2.80. The van der Waals surface area contributed by atoms with Gasteiger partial charge in [0.2, 0.25) is 0 Å². The highest BCUT2D eigenvalue weighted by Gasteiger charge is 2.16. The Labute approximate surface area is 89.3 Å². The Hall–Kier alpha value is -0.960. The first-order valence-corrected chi connectivity index (χ1v) is 5.19. The lowest BCUT2D eigenvalue weighted by atomic mass is 9.89. The third-order valence-corrected chi connectivity index (χ3v) is 2.93. The molecule has 0 radical (unpaired) electrons. The van der Waals surface area contributed by atoms with Crippen LogP contribution in [0.2, 0.25) is 0 Å². The van der Waals surface area contributed by atoms with Crippen LogP contribution in [0.4, 0.5) is 8.78 Å². The summed E-state index contributed by atoms with van der Waals surface area (Å²) in [6, 6.07) is 3.96. The second kappa shape index (κ2) is 5.21. The van der Waals surface area contributed by atoms with Crippen LogP contribution < -0.4 is 5.73 Å². The van der Waals surface area contributed by atoms with Gasteiger partial charge >= 0.3 is 0 Å². The van der Waals surface area contributed by atoms with Crippen molar-refractivity contribution in [3.8, 4) is 0 Å². The molecule has 0 aliphatic heterocycles. The molecular weight excluding hydrogens is 196 g/mol. The Kier molecular flexibility index (Phi) is 4.21. The number of benzene rings is 1. The summed E-state index contributed by atoms with van der Waals surface area (Å²) in [7, 11) is 0. The van der Waals surface area contributed by atoms with Crippen LogP contribution in [-0.2, 0) is 6.42 Å². The van der Waals surface area contributed by atoms with Crippen molar-refractivity contribution in [3.63, 3.8) is 0 Å².